The number of para-hydroxylation sites is 1. The van der Waals surface area contributed by atoms with Crippen molar-refractivity contribution in [1.82, 2.24) is 0 Å². The molecule has 2 heterocycles. The highest BCUT2D eigenvalue weighted by Gasteiger charge is 2.31. The molecule has 2 aromatic rings. The average molecular weight is 273 g/mol. The summed E-state index contributed by atoms with van der Waals surface area (Å²) in [6.45, 7) is 0. The van der Waals surface area contributed by atoms with Gasteiger partial charge >= 0.3 is 0 Å². The zero-order valence-electron chi connectivity index (χ0n) is 10.5. The highest BCUT2D eigenvalue weighted by atomic mass is 32.1. The number of rotatable bonds is 3. The third-order valence-electron chi connectivity index (χ3n) is 3.38. The molecule has 1 N–H and O–H groups in total. The van der Waals surface area contributed by atoms with E-state index in [-0.39, 0.29) is 5.91 Å². The highest BCUT2D eigenvalue weighted by Crippen LogP contribution is 2.30. The second-order valence-corrected chi connectivity index (χ2v) is 5.70. The number of aliphatic hydroxyl groups is 1. The van der Waals surface area contributed by atoms with Gasteiger partial charge in [-0.3, -0.25) is 9.69 Å². The van der Waals surface area contributed by atoms with E-state index in [9.17, 15) is 9.90 Å². The molecule has 1 fully saturated rings. The van der Waals surface area contributed by atoms with Gasteiger partial charge in [-0.05, 0) is 23.1 Å². The number of aliphatic hydroxyl groups excluding tert-OH is 1. The van der Waals surface area contributed by atoms with Crippen LogP contribution in [-0.2, 0) is 11.2 Å². The number of thiophene rings is 1. The second kappa shape index (κ2) is 5.15. The number of carbonyl (C=O) groups excluding carboxylic acids is 1. The summed E-state index contributed by atoms with van der Waals surface area (Å²) in [6.07, 6.45) is 1.06. The van der Waals surface area contributed by atoms with Gasteiger partial charge in [-0.25, -0.2) is 0 Å². The number of amides is 1. The number of benzene rings is 1. The van der Waals surface area contributed by atoms with Gasteiger partial charge in [0.25, 0.3) is 0 Å². The summed E-state index contributed by atoms with van der Waals surface area (Å²) in [5.41, 5.74) is 1.92. The van der Waals surface area contributed by atoms with Gasteiger partial charge in [-0.2, -0.15) is 0 Å². The zero-order chi connectivity index (χ0) is 13.2. The molecule has 1 amide bonds. The minimum Gasteiger partial charge on any atom is -0.373 e. The molecule has 0 aliphatic carbocycles. The van der Waals surface area contributed by atoms with Gasteiger partial charge in [0.1, 0.15) is 6.23 Å². The summed E-state index contributed by atoms with van der Waals surface area (Å²) in [5, 5.41) is 12.0. The Balaban J connectivity index is 1.95. The lowest BCUT2D eigenvalue weighted by Crippen LogP contribution is -2.33. The van der Waals surface area contributed by atoms with Crippen molar-refractivity contribution in [3.05, 3.63) is 52.2 Å². The summed E-state index contributed by atoms with van der Waals surface area (Å²) in [5.74, 6) is 0.00568. The van der Waals surface area contributed by atoms with Crippen LogP contribution in [0.1, 0.15) is 23.3 Å². The van der Waals surface area contributed by atoms with Crippen LogP contribution < -0.4 is 4.90 Å². The average Bonchev–Trinajstić information content (AvgIpc) is 3.02. The van der Waals surface area contributed by atoms with Crippen LogP contribution in [0.25, 0.3) is 0 Å². The van der Waals surface area contributed by atoms with Crippen molar-refractivity contribution in [2.24, 2.45) is 0 Å². The van der Waals surface area contributed by atoms with Gasteiger partial charge < -0.3 is 5.11 Å². The van der Waals surface area contributed by atoms with E-state index >= 15 is 0 Å². The van der Waals surface area contributed by atoms with Crippen LogP contribution in [0.5, 0.6) is 0 Å². The van der Waals surface area contributed by atoms with Crippen LogP contribution >= 0.6 is 11.3 Å². The molecule has 3 nitrogen and oxygen atoms in total. The third-order valence-corrected chi connectivity index (χ3v) is 4.26. The molecule has 1 aliphatic heterocycles. The van der Waals surface area contributed by atoms with E-state index in [1.807, 2.05) is 35.7 Å². The SMILES string of the molecule is O=C1CCC(O)N1c1ccccc1Cc1cccs1. The molecular formula is C15H15NO2S. The first-order valence-corrected chi connectivity index (χ1v) is 7.24. The third kappa shape index (κ3) is 2.41. The molecule has 0 bridgehead atoms. The van der Waals surface area contributed by atoms with Crippen molar-refractivity contribution in [2.75, 3.05) is 4.90 Å². The van der Waals surface area contributed by atoms with E-state index in [1.54, 1.807) is 11.3 Å². The van der Waals surface area contributed by atoms with Crippen LogP contribution in [0.15, 0.2) is 41.8 Å². The Morgan fingerprint density at radius 3 is 2.79 bits per heavy atom. The molecule has 1 unspecified atom stereocenters. The maximum atomic E-state index is 11.9. The van der Waals surface area contributed by atoms with E-state index in [0.717, 1.165) is 17.7 Å². The maximum Gasteiger partial charge on any atom is 0.229 e. The van der Waals surface area contributed by atoms with Crippen LogP contribution in [-0.4, -0.2) is 17.2 Å². The molecule has 1 aromatic carbocycles. The lowest BCUT2D eigenvalue weighted by atomic mass is 10.1. The first kappa shape index (κ1) is 12.4. The van der Waals surface area contributed by atoms with E-state index in [4.69, 9.17) is 0 Å². The zero-order valence-corrected chi connectivity index (χ0v) is 11.3. The molecule has 4 heteroatoms. The monoisotopic (exact) mass is 273 g/mol. The Bertz CT molecular complexity index is 580. The molecule has 98 valence electrons. The van der Waals surface area contributed by atoms with Crippen LogP contribution in [0.2, 0.25) is 0 Å². The van der Waals surface area contributed by atoms with E-state index in [1.165, 1.54) is 9.78 Å². The quantitative estimate of drug-likeness (QED) is 0.934. The lowest BCUT2D eigenvalue weighted by Gasteiger charge is -2.23. The first-order chi connectivity index (χ1) is 9.25. The Hall–Kier alpha value is -1.65. The lowest BCUT2D eigenvalue weighted by molar-refractivity contribution is -0.117. The summed E-state index contributed by atoms with van der Waals surface area (Å²) >= 11 is 1.70. The summed E-state index contributed by atoms with van der Waals surface area (Å²) in [4.78, 5) is 14.7. The predicted molar refractivity (Wildman–Crippen MR) is 76.3 cm³/mol. The van der Waals surface area contributed by atoms with Gasteiger partial charge in [0.05, 0.1) is 0 Å². The second-order valence-electron chi connectivity index (χ2n) is 4.67. The van der Waals surface area contributed by atoms with Crippen molar-refractivity contribution in [3.63, 3.8) is 0 Å². The van der Waals surface area contributed by atoms with Gasteiger partial charge in [0.15, 0.2) is 0 Å². The van der Waals surface area contributed by atoms with Crippen molar-refractivity contribution in [2.45, 2.75) is 25.5 Å². The van der Waals surface area contributed by atoms with Gasteiger partial charge in [-0.1, -0.05) is 24.3 Å². The van der Waals surface area contributed by atoms with Crippen molar-refractivity contribution >= 4 is 22.9 Å². The standard InChI is InChI=1S/C15H15NO2S/c17-14-7-8-15(18)16(14)13-6-2-1-4-11(13)10-12-5-3-9-19-12/h1-6,9,14,17H,7-8,10H2. The van der Waals surface area contributed by atoms with E-state index in [2.05, 4.69) is 6.07 Å². The molecule has 0 spiro atoms. The summed E-state index contributed by atoms with van der Waals surface area (Å²) in [6, 6.07) is 11.9. The molecule has 0 radical (unpaired) electrons. The maximum absolute atomic E-state index is 11.9. The Morgan fingerprint density at radius 1 is 1.26 bits per heavy atom. The molecule has 1 aliphatic rings. The highest BCUT2D eigenvalue weighted by molar-refractivity contribution is 7.09. The number of carbonyl (C=O) groups is 1. The largest absolute Gasteiger partial charge is 0.373 e. The molecule has 1 aromatic heterocycles. The minimum absolute atomic E-state index is 0.00568. The van der Waals surface area contributed by atoms with Gasteiger partial charge in [0, 0.05) is 29.8 Å². The minimum atomic E-state index is -0.683. The fourth-order valence-electron chi connectivity index (χ4n) is 2.46. The summed E-state index contributed by atoms with van der Waals surface area (Å²) in [7, 11) is 0. The topological polar surface area (TPSA) is 40.5 Å². The van der Waals surface area contributed by atoms with Crippen molar-refractivity contribution < 1.29 is 9.90 Å². The van der Waals surface area contributed by atoms with E-state index < -0.39 is 6.23 Å². The smallest absolute Gasteiger partial charge is 0.229 e. The van der Waals surface area contributed by atoms with E-state index in [0.29, 0.717) is 12.8 Å². The fraction of sp³-hybridized carbons (Fsp3) is 0.267. The molecule has 0 saturated carbocycles. The predicted octanol–water partition coefficient (Wildman–Crippen LogP) is 2.78. The molecular weight excluding hydrogens is 258 g/mol. The molecule has 19 heavy (non-hydrogen) atoms. The Kier molecular flexibility index (Phi) is 3.36. The van der Waals surface area contributed by atoms with Crippen molar-refractivity contribution in [3.8, 4) is 0 Å². The number of hydrogen-bond acceptors (Lipinski definition) is 3. The van der Waals surface area contributed by atoms with Gasteiger partial charge in [-0.15, -0.1) is 11.3 Å². The van der Waals surface area contributed by atoms with Gasteiger partial charge in [0.2, 0.25) is 5.91 Å². The Labute approximate surface area is 116 Å². The van der Waals surface area contributed by atoms with Crippen LogP contribution in [0.4, 0.5) is 5.69 Å². The van der Waals surface area contributed by atoms with Crippen LogP contribution in [0, 0.1) is 0 Å². The number of nitrogens with zero attached hydrogens (tertiary/aromatic N) is 1. The number of hydrogen-bond donors (Lipinski definition) is 1. The van der Waals surface area contributed by atoms with Crippen molar-refractivity contribution in [1.29, 1.82) is 0 Å². The normalized spacial score (nSPS) is 19.1. The molecule has 3 rings (SSSR count). The molecule has 1 saturated heterocycles. The Morgan fingerprint density at radius 2 is 2.11 bits per heavy atom. The fourth-order valence-corrected chi connectivity index (χ4v) is 3.19. The van der Waals surface area contributed by atoms with Crippen LogP contribution in [0.3, 0.4) is 0 Å². The first-order valence-electron chi connectivity index (χ1n) is 6.36. The number of anilines is 1. The summed E-state index contributed by atoms with van der Waals surface area (Å²) < 4.78 is 0. The molecule has 1 atom stereocenters.